The third-order valence-corrected chi connectivity index (χ3v) is 9.09. The fourth-order valence-corrected chi connectivity index (χ4v) is 6.16. The molecule has 4 atom stereocenters. The van der Waals surface area contributed by atoms with Gasteiger partial charge in [-0.15, -0.1) is 0 Å². The Labute approximate surface area is 254 Å². The minimum Gasteiger partial charge on any atom is -0.462 e. The molecule has 0 bridgehead atoms. The highest BCUT2D eigenvalue weighted by Gasteiger charge is 2.17. The fourth-order valence-electron chi connectivity index (χ4n) is 6.16. The summed E-state index contributed by atoms with van der Waals surface area (Å²) >= 11 is 0. The second-order valence-electron chi connectivity index (χ2n) is 14.3. The molecule has 0 spiro atoms. The Hall–Kier alpha value is -0.530. The molecule has 0 aromatic carbocycles. The second-order valence-corrected chi connectivity index (χ2v) is 14.3. The molecule has 2 heteroatoms. The highest BCUT2D eigenvalue weighted by molar-refractivity contribution is 5.69. The van der Waals surface area contributed by atoms with Crippen molar-refractivity contribution in [1.82, 2.24) is 0 Å². The summed E-state index contributed by atoms with van der Waals surface area (Å²) in [6.45, 7) is 16.4. The van der Waals surface area contributed by atoms with Gasteiger partial charge in [0.25, 0.3) is 0 Å². The van der Waals surface area contributed by atoms with Gasteiger partial charge in [-0.2, -0.15) is 0 Å². The molecule has 2 nitrogen and oxygen atoms in total. The first kappa shape index (κ1) is 39.5. The summed E-state index contributed by atoms with van der Waals surface area (Å²) in [4.78, 5) is 12.8. The Morgan fingerprint density at radius 3 is 1.25 bits per heavy atom. The molecule has 4 unspecified atom stereocenters. The van der Waals surface area contributed by atoms with Crippen molar-refractivity contribution >= 4 is 5.97 Å². The number of unbranched alkanes of at least 4 members (excludes halogenated alkanes) is 11. The first-order valence-electron chi connectivity index (χ1n) is 18.5. The van der Waals surface area contributed by atoms with Crippen molar-refractivity contribution in [3.05, 3.63) is 0 Å². The fraction of sp³-hybridized carbons (Fsp3) is 0.974. The van der Waals surface area contributed by atoms with E-state index >= 15 is 0 Å². The van der Waals surface area contributed by atoms with Crippen LogP contribution in [0.2, 0.25) is 0 Å². The minimum atomic E-state index is 0.0610. The Balaban J connectivity index is 4.19. The van der Waals surface area contributed by atoms with Crippen molar-refractivity contribution in [1.29, 1.82) is 0 Å². The number of ether oxygens (including phenoxy) is 1. The predicted molar refractivity (Wildman–Crippen MR) is 179 cm³/mol. The Morgan fingerprint density at radius 1 is 0.450 bits per heavy atom. The smallest absolute Gasteiger partial charge is 0.306 e. The van der Waals surface area contributed by atoms with E-state index in [2.05, 4.69) is 48.5 Å². The Kier molecular flexibility index (Phi) is 28.2. The molecule has 0 amide bonds. The van der Waals surface area contributed by atoms with E-state index in [1.54, 1.807) is 0 Å². The minimum absolute atomic E-state index is 0.0610. The summed E-state index contributed by atoms with van der Waals surface area (Å²) in [5.74, 6) is 3.04. The first-order valence-corrected chi connectivity index (χ1v) is 18.5. The van der Waals surface area contributed by atoms with Crippen LogP contribution in [-0.2, 0) is 9.53 Å². The highest BCUT2D eigenvalue weighted by Crippen LogP contribution is 2.24. The first-order chi connectivity index (χ1) is 19.3. The van der Waals surface area contributed by atoms with Gasteiger partial charge in [0.05, 0.1) is 0 Å². The van der Waals surface area contributed by atoms with Crippen LogP contribution in [0.5, 0.6) is 0 Å². The lowest BCUT2D eigenvalue weighted by atomic mass is 9.91. The molecule has 0 fully saturated rings. The molecule has 0 aromatic heterocycles. The van der Waals surface area contributed by atoms with Crippen molar-refractivity contribution in [2.75, 3.05) is 0 Å². The van der Waals surface area contributed by atoms with Crippen LogP contribution in [0, 0.1) is 23.7 Å². The number of hydrogen-bond donors (Lipinski definition) is 0. The zero-order chi connectivity index (χ0) is 29.8. The van der Waals surface area contributed by atoms with E-state index in [4.69, 9.17) is 4.74 Å². The van der Waals surface area contributed by atoms with E-state index in [9.17, 15) is 4.79 Å². The molecular formula is C38H76O2. The van der Waals surface area contributed by atoms with E-state index < -0.39 is 0 Å². The molecule has 0 aliphatic carbocycles. The molecule has 0 aliphatic heterocycles. The van der Waals surface area contributed by atoms with Crippen molar-refractivity contribution in [3.63, 3.8) is 0 Å². The maximum absolute atomic E-state index is 12.8. The topological polar surface area (TPSA) is 26.3 Å². The standard InChI is InChI=1S/C38H76O2/c1-8-10-12-14-16-18-20-31-37(30-19-17-15-13-11-9-2)40-38(39)32-36(7)29-23-28-35(6)27-22-26-34(5)25-21-24-33(3)4/h33-37H,8-32H2,1-7H3. The second kappa shape index (κ2) is 28.6. The molecule has 0 saturated heterocycles. The molecule has 0 N–H and O–H groups in total. The van der Waals surface area contributed by atoms with Crippen LogP contribution in [0.3, 0.4) is 0 Å². The third-order valence-electron chi connectivity index (χ3n) is 9.09. The monoisotopic (exact) mass is 565 g/mol. The van der Waals surface area contributed by atoms with Crippen LogP contribution in [0.1, 0.15) is 209 Å². The SMILES string of the molecule is CCCCCCCCCC(CCCCCCCC)OC(=O)CC(C)CCCC(C)CCCC(C)CCCC(C)C. The number of hydrogen-bond acceptors (Lipinski definition) is 2. The molecule has 40 heavy (non-hydrogen) atoms. The molecule has 0 aliphatic rings. The summed E-state index contributed by atoms with van der Waals surface area (Å²) < 4.78 is 6.10. The zero-order valence-electron chi connectivity index (χ0n) is 28.9. The quantitative estimate of drug-likeness (QED) is 0.0640. The normalized spacial score (nSPS) is 14.8. The number of rotatable bonds is 30. The maximum Gasteiger partial charge on any atom is 0.306 e. The third kappa shape index (κ3) is 27.6. The summed E-state index contributed by atoms with van der Waals surface area (Å²) in [6, 6.07) is 0. The van der Waals surface area contributed by atoms with Crippen LogP contribution < -0.4 is 0 Å². The molecule has 0 radical (unpaired) electrons. The summed E-state index contributed by atoms with van der Waals surface area (Å²) in [5.41, 5.74) is 0. The van der Waals surface area contributed by atoms with Gasteiger partial charge in [0.2, 0.25) is 0 Å². The van der Waals surface area contributed by atoms with Crippen LogP contribution in [0.15, 0.2) is 0 Å². The Morgan fingerprint density at radius 2 is 0.825 bits per heavy atom. The van der Waals surface area contributed by atoms with Gasteiger partial charge in [0.15, 0.2) is 0 Å². The summed E-state index contributed by atoms with van der Waals surface area (Å²) in [6.07, 6.45) is 32.0. The highest BCUT2D eigenvalue weighted by atomic mass is 16.5. The summed E-state index contributed by atoms with van der Waals surface area (Å²) in [7, 11) is 0. The van der Waals surface area contributed by atoms with Crippen LogP contribution in [-0.4, -0.2) is 12.1 Å². The number of esters is 1. The van der Waals surface area contributed by atoms with Gasteiger partial charge in [-0.1, -0.05) is 177 Å². The van der Waals surface area contributed by atoms with Gasteiger partial charge >= 0.3 is 5.97 Å². The van der Waals surface area contributed by atoms with Gasteiger partial charge in [-0.3, -0.25) is 4.79 Å². The predicted octanol–water partition coefficient (Wildman–Crippen LogP) is 13.3. The van der Waals surface area contributed by atoms with Crippen LogP contribution >= 0.6 is 0 Å². The largest absolute Gasteiger partial charge is 0.462 e. The van der Waals surface area contributed by atoms with Crippen LogP contribution in [0.4, 0.5) is 0 Å². The summed E-state index contributed by atoms with van der Waals surface area (Å²) in [5, 5.41) is 0. The number of carbonyl (C=O) groups excluding carboxylic acids is 1. The maximum atomic E-state index is 12.8. The van der Waals surface area contributed by atoms with Gasteiger partial charge in [-0.05, 0) is 49.4 Å². The van der Waals surface area contributed by atoms with E-state index in [-0.39, 0.29) is 12.1 Å². The molecular weight excluding hydrogens is 488 g/mol. The average molecular weight is 565 g/mol. The zero-order valence-corrected chi connectivity index (χ0v) is 28.9. The lowest BCUT2D eigenvalue weighted by molar-refractivity contribution is -0.151. The average Bonchev–Trinajstić information content (AvgIpc) is 2.89. The van der Waals surface area contributed by atoms with Crippen molar-refractivity contribution in [3.8, 4) is 0 Å². The van der Waals surface area contributed by atoms with Gasteiger partial charge in [0.1, 0.15) is 6.10 Å². The van der Waals surface area contributed by atoms with Gasteiger partial charge in [0, 0.05) is 6.42 Å². The van der Waals surface area contributed by atoms with E-state index in [1.165, 1.54) is 135 Å². The van der Waals surface area contributed by atoms with E-state index in [1.807, 2.05) is 0 Å². The van der Waals surface area contributed by atoms with Crippen molar-refractivity contribution < 1.29 is 9.53 Å². The van der Waals surface area contributed by atoms with Gasteiger partial charge in [-0.25, -0.2) is 0 Å². The van der Waals surface area contributed by atoms with Gasteiger partial charge < -0.3 is 4.74 Å². The molecule has 0 aromatic rings. The van der Waals surface area contributed by atoms with E-state index in [0.717, 1.165) is 37.0 Å². The molecule has 240 valence electrons. The van der Waals surface area contributed by atoms with Crippen LogP contribution in [0.25, 0.3) is 0 Å². The lowest BCUT2D eigenvalue weighted by Gasteiger charge is -2.20. The van der Waals surface area contributed by atoms with Crippen molar-refractivity contribution in [2.24, 2.45) is 23.7 Å². The Bertz CT molecular complexity index is 528. The molecule has 0 saturated carbocycles. The van der Waals surface area contributed by atoms with E-state index in [0.29, 0.717) is 12.3 Å². The lowest BCUT2D eigenvalue weighted by Crippen LogP contribution is -2.20. The number of carbonyl (C=O) groups is 1. The molecule has 0 heterocycles. The van der Waals surface area contributed by atoms with Crippen molar-refractivity contribution in [2.45, 2.75) is 215 Å². The molecule has 0 rings (SSSR count).